The highest BCUT2D eigenvalue weighted by molar-refractivity contribution is 7.90. The molecule has 1 aliphatic carbocycles. The van der Waals surface area contributed by atoms with Crippen molar-refractivity contribution in [3.05, 3.63) is 30.1 Å². The number of rotatable bonds is 5. The lowest BCUT2D eigenvalue weighted by Crippen LogP contribution is -2.43. The highest BCUT2D eigenvalue weighted by Crippen LogP contribution is 2.36. The first kappa shape index (κ1) is 14.0. The number of sulfonamides is 1. The number of aromatic nitrogens is 1. The van der Waals surface area contributed by atoms with Crippen molar-refractivity contribution in [2.75, 3.05) is 13.7 Å². The molecular formula is C14H20N2O3S. The van der Waals surface area contributed by atoms with Gasteiger partial charge in [-0.1, -0.05) is 6.07 Å². The van der Waals surface area contributed by atoms with E-state index < -0.39 is 10.0 Å². The monoisotopic (exact) mass is 296 g/mol. The standard InChI is InChI=1S/C14H20N2O3S/c1-19-14-6-8-16(20(17,18)12-4-5-12)13(14)9-11-3-2-7-15-10-11/h2-3,7,10,12-14H,4-6,8-9H2,1H3/t13-,14+/m0/s1. The normalized spacial score (nSPS) is 27.9. The van der Waals surface area contributed by atoms with E-state index in [4.69, 9.17) is 4.74 Å². The summed E-state index contributed by atoms with van der Waals surface area (Å²) in [4.78, 5) is 4.10. The van der Waals surface area contributed by atoms with Crippen molar-refractivity contribution in [3.63, 3.8) is 0 Å². The van der Waals surface area contributed by atoms with Gasteiger partial charge in [0.05, 0.1) is 17.4 Å². The number of nitrogens with zero attached hydrogens (tertiary/aromatic N) is 2. The van der Waals surface area contributed by atoms with Crippen LogP contribution in [0.25, 0.3) is 0 Å². The number of ether oxygens (including phenoxy) is 1. The quantitative estimate of drug-likeness (QED) is 0.819. The van der Waals surface area contributed by atoms with Crippen molar-refractivity contribution in [2.45, 2.75) is 43.1 Å². The van der Waals surface area contributed by atoms with E-state index in [2.05, 4.69) is 4.98 Å². The second kappa shape index (κ2) is 5.42. The molecule has 1 saturated carbocycles. The van der Waals surface area contributed by atoms with Gasteiger partial charge in [0, 0.05) is 26.0 Å². The van der Waals surface area contributed by atoms with Gasteiger partial charge in [-0.3, -0.25) is 4.98 Å². The Hall–Kier alpha value is -0.980. The third-order valence-electron chi connectivity index (χ3n) is 4.18. The first-order valence-corrected chi connectivity index (χ1v) is 8.55. The highest BCUT2D eigenvalue weighted by atomic mass is 32.2. The Kier molecular flexibility index (Phi) is 3.79. The van der Waals surface area contributed by atoms with Crippen molar-refractivity contribution in [2.24, 2.45) is 0 Å². The van der Waals surface area contributed by atoms with Crippen LogP contribution in [0.5, 0.6) is 0 Å². The Bertz CT molecular complexity index is 557. The molecule has 0 aromatic carbocycles. The van der Waals surface area contributed by atoms with Crippen LogP contribution < -0.4 is 0 Å². The molecule has 2 aliphatic rings. The lowest BCUT2D eigenvalue weighted by molar-refractivity contribution is 0.0809. The topological polar surface area (TPSA) is 59.5 Å². The minimum Gasteiger partial charge on any atom is -0.380 e. The van der Waals surface area contributed by atoms with Crippen molar-refractivity contribution in [1.29, 1.82) is 0 Å². The molecule has 5 nitrogen and oxygen atoms in total. The summed E-state index contributed by atoms with van der Waals surface area (Å²) in [6.45, 7) is 0.572. The minimum atomic E-state index is -3.14. The molecule has 2 heterocycles. The van der Waals surface area contributed by atoms with Gasteiger partial charge in [-0.25, -0.2) is 8.42 Å². The maximum atomic E-state index is 12.5. The van der Waals surface area contributed by atoms with Crippen molar-refractivity contribution >= 4 is 10.0 Å². The predicted molar refractivity (Wildman–Crippen MR) is 75.8 cm³/mol. The summed E-state index contributed by atoms with van der Waals surface area (Å²) in [5, 5.41) is -0.158. The molecule has 0 bridgehead atoms. The van der Waals surface area contributed by atoms with Gasteiger partial charge in [0.15, 0.2) is 0 Å². The highest BCUT2D eigenvalue weighted by Gasteiger charge is 2.47. The Labute approximate surface area is 120 Å². The molecule has 3 rings (SSSR count). The summed E-state index contributed by atoms with van der Waals surface area (Å²) < 4.78 is 32.2. The lowest BCUT2D eigenvalue weighted by Gasteiger charge is -2.27. The molecule has 1 aromatic rings. The minimum absolute atomic E-state index is 0.0243. The van der Waals surface area contributed by atoms with Crippen molar-refractivity contribution in [1.82, 2.24) is 9.29 Å². The van der Waals surface area contributed by atoms with E-state index in [-0.39, 0.29) is 17.4 Å². The van der Waals surface area contributed by atoms with Crippen LogP contribution in [0.15, 0.2) is 24.5 Å². The van der Waals surface area contributed by atoms with E-state index in [1.807, 2.05) is 12.1 Å². The van der Waals surface area contributed by atoms with Crippen LogP contribution in [0, 0.1) is 0 Å². The maximum absolute atomic E-state index is 12.5. The molecule has 0 radical (unpaired) electrons. The van der Waals surface area contributed by atoms with Crippen LogP contribution in [-0.2, 0) is 21.2 Å². The Balaban J connectivity index is 1.83. The average Bonchev–Trinajstić information content (AvgIpc) is 3.23. The van der Waals surface area contributed by atoms with Gasteiger partial charge in [0.25, 0.3) is 0 Å². The third-order valence-corrected chi connectivity index (χ3v) is 6.60. The summed E-state index contributed by atoms with van der Waals surface area (Å²) in [7, 11) is -1.48. The first-order chi connectivity index (χ1) is 9.63. The summed E-state index contributed by atoms with van der Waals surface area (Å²) in [5.41, 5.74) is 1.05. The SMILES string of the molecule is CO[C@@H]1CCN(S(=O)(=O)C2CC2)[C@H]1Cc1cccnc1. The van der Waals surface area contributed by atoms with Crippen molar-refractivity contribution in [3.8, 4) is 0 Å². The van der Waals surface area contributed by atoms with E-state index in [0.717, 1.165) is 24.8 Å². The van der Waals surface area contributed by atoms with Crippen LogP contribution >= 0.6 is 0 Å². The Morgan fingerprint density at radius 2 is 2.20 bits per heavy atom. The number of pyridine rings is 1. The van der Waals surface area contributed by atoms with Gasteiger partial charge in [-0.05, 0) is 37.3 Å². The average molecular weight is 296 g/mol. The summed E-state index contributed by atoms with van der Waals surface area (Å²) in [6, 6.07) is 3.76. The zero-order valence-corrected chi connectivity index (χ0v) is 12.4. The van der Waals surface area contributed by atoms with Crippen LogP contribution in [-0.4, -0.2) is 48.8 Å². The molecule has 1 aromatic heterocycles. The maximum Gasteiger partial charge on any atom is 0.217 e. The first-order valence-electron chi connectivity index (χ1n) is 7.05. The van der Waals surface area contributed by atoms with Gasteiger partial charge in [0.1, 0.15) is 0 Å². The van der Waals surface area contributed by atoms with E-state index in [1.165, 1.54) is 0 Å². The summed E-state index contributed by atoms with van der Waals surface area (Å²) in [6.07, 6.45) is 6.54. The van der Waals surface area contributed by atoms with E-state index in [9.17, 15) is 8.42 Å². The molecule has 0 unspecified atom stereocenters. The largest absolute Gasteiger partial charge is 0.380 e. The molecule has 2 atom stereocenters. The van der Waals surface area contributed by atoms with Gasteiger partial charge in [-0.15, -0.1) is 0 Å². The number of hydrogen-bond acceptors (Lipinski definition) is 4. The predicted octanol–water partition coefficient (Wildman–Crippen LogP) is 1.21. The van der Waals surface area contributed by atoms with Gasteiger partial charge < -0.3 is 4.74 Å². The number of methoxy groups -OCH3 is 1. The fourth-order valence-corrected chi connectivity index (χ4v) is 5.00. The zero-order valence-electron chi connectivity index (χ0n) is 11.6. The molecule has 0 N–H and O–H groups in total. The fraction of sp³-hybridized carbons (Fsp3) is 0.643. The molecule has 1 saturated heterocycles. The van der Waals surface area contributed by atoms with Crippen LogP contribution in [0.4, 0.5) is 0 Å². The van der Waals surface area contributed by atoms with Crippen LogP contribution in [0.3, 0.4) is 0 Å². The summed E-state index contributed by atoms with van der Waals surface area (Å²) in [5.74, 6) is 0. The third kappa shape index (κ3) is 2.60. The molecular weight excluding hydrogens is 276 g/mol. The molecule has 110 valence electrons. The second-order valence-corrected chi connectivity index (χ2v) is 7.72. The Morgan fingerprint density at radius 3 is 2.80 bits per heavy atom. The van der Waals surface area contributed by atoms with Gasteiger partial charge >= 0.3 is 0 Å². The molecule has 0 spiro atoms. The van der Waals surface area contributed by atoms with Crippen LogP contribution in [0.1, 0.15) is 24.8 Å². The molecule has 20 heavy (non-hydrogen) atoms. The lowest BCUT2D eigenvalue weighted by atomic mass is 10.0. The van der Waals surface area contributed by atoms with E-state index >= 15 is 0 Å². The van der Waals surface area contributed by atoms with E-state index in [1.54, 1.807) is 23.8 Å². The molecule has 2 fully saturated rings. The summed E-state index contributed by atoms with van der Waals surface area (Å²) >= 11 is 0. The molecule has 6 heteroatoms. The van der Waals surface area contributed by atoms with Crippen LogP contribution in [0.2, 0.25) is 0 Å². The van der Waals surface area contributed by atoms with Gasteiger partial charge in [0.2, 0.25) is 10.0 Å². The number of hydrogen-bond donors (Lipinski definition) is 0. The fourth-order valence-electron chi connectivity index (χ4n) is 2.94. The Morgan fingerprint density at radius 1 is 1.40 bits per heavy atom. The molecule has 0 amide bonds. The van der Waals surface area contributed by atoms with E-state index in [0.29, 0.717) is 13.0 Å². The van der Waals surface area contributed by atoms with Gasteiger partial charge in [-0.2, -0.15) is 4.31 Å². The van der Waals surface area contributed by atoms with Crippen molar-refractivity contribution < 1.29 is 13.2 Å². The zero-order chi connectivity index (χ0) is 14.2. The molecule has 1 aliphatic heterocycles. The smallest absolute Gasteiger partial charge is 0.217 e. The second-order valence-electron chi connectivity index (χ2n) is 5.55.